The van der Waals surface area contributed by atoms with Crippen LogP contribution in [0.2, 0.25) is 0 Å². The van der Waals surface area contributed by atoms with Crippen LogP contribution in [-0.2, 0) is 9.84 Å². The number of aromatic nitrogens is 2. The van der Waals surface area contributed by atoms with Gasteiger partial charge in [0.05, 0.1) is 11.5 Å². The van der Waals surface area contributed by atoms with Gasteiger partial charge in [-0.3, -0.25) is 0 Å². The van der Waals surface area contributed by atoms with Crippen LogP contribution in [0.25, 0.3) is 0 Å². The number of hydrogen-bond acceptors (Lipinski definition) is 6. The number of hydrogen-bond donors (Lipinski definition) is 2. The smallest absolute Gasteiger partial charge is 0.224 e. The third kappa shape index (κ3) is 2.60. The van der Waals surface area contributed by atoms with E-state index in [2.05, 4.69) is 20.6 Å². The molecule has 1 atom stereocenters. The van der Waals surface area contributed by atoms with E-state index >= 15 is 0 Å². The summed E-state index contributed by atoms with van der Waals surface area (Å²) in [6, 6.07) is 1.69. The molecular formula is C9H14N4O2S. The van der Waals surface area contributed by atoms with Gasteiger partial charge in [0.1, 0.15) is 5.82 Å². The second-order valence-electron chi connectivity index (χ2n) is 3.76. The minimum Gasteiger partial charge on any atom is -0.366 e. The van der Waals surface area contributed by atoms with Gasteiger partial charge in [0.15, 0.2) is 9.84 Å². The topological polar surface area (TPSA) is 84.0 Å². The van der Waals surface area contributed by atoms with Crippen LogP contribution in [0.5, 0.6) is 0 Å². The Kier molecular flexibility index (Phi) is 2.95. The molecule has 2 N–H and O–H groups in total. The highest BCUT2D eigenvalue weighted by atomic mass is 32.2. The van der Waals surface area contributed by atoms with Gasteiger partial charge in [-0.25, -0.2) is 13.4 Å². The van der Waals surface area contributed by atoms with Crippen LogP contribution >= 0.6 is 0 Å². The lowest BCUT2D eigenvalue weighted by Gasteiger charge is -2.11. The molecule has 88 valence electrons. The van der Waals surface area contributed by atoms with Gasteiger partial charge in [-0.15, -0.1) is 0 Å². The Bertz CT molecular complexity index is 474. The Labute approximate surface area is 94.4 Å². The van der Waals surface area contributed by atoms with Crippen molar-refractivity contribution < 1.29 is 8.42 Å². The zero-order valence-electron chi connectivity index (χ0n) is 8.97. The van der Waals surface area contributed by atoms with Crippen LogP contribution in [0.3, 0.4) is 0 Å². The molecule has 1 aliphatic rings. The molecule has 0 bridgehead atoms. The van der Waals surface area contributed by atoms with Gasteiger partial charge in [0, 0.05) is 19.3 Å². The Morgan fingerprint density at radius 2 is 2.31 bits per heavy atom. The lowest BCUT2D eigenvalue weighted by atomic mass is 10.2. The monoisotopic (exact) mass is 242 g/mol. The number of sulfone groups is 1. The lowest BCUT2D eigenvalue weighted by molar-refractivity contribution is 0.602. The maximum Gasteiger partial charge on any atom is 0.224 e. The van der Waals surface area contributed by atoms with Gasteiger partial charge in [-0.05, 0) is 12.5 Å². The van der Waals surface area contributed by atoms with Crippen LogP contribution in [0, 0.1) is 0 Å². The molecule has 0 radical (unpaired) electrons. The number of nitrogens with one attached hydrogen (secondary N) is 2. The summed E-state index contributed by atoms with van der Waals surface area (Å²) in [6.45, 7) is 0. The molecule has 1 saturated heterocycles. The second-order valence-corrected chi connectivity index (χ2v) is 5.99. The number of rotatable bonds is 3. The third-order valence-corrected chi connectivity index (χ3v) is 4.23. The van der Waals surface area contributed by atoms with Crippen molar-refractivity contribution in [1.82, 2.24) is 9.97 Å². The molecule has 6 nitrogen and oxygen atoms in total. The summed E-state index contributed by atoms with van der Waals surface area (Å²) < 4.78 is 22.5. The van der Waals surface area contributed by atoms with E-state index in [1.165, 1.54) is 0 Å². The third-order valence-electron chi connectivity index (χ3n) is 2.46. The van der Waals surface area contributed by atoms with Crippen molar-refractivity contribution in [1.29, 1.82) is 0 Å². The summed E-state index contributed by atoms with van der Waals surface area (Å²) in [5.41, 5.74) is 0. The maximum absolute atomic E-state index is 11.3. The molecule has 2 heterocycles. The maximum atomic E-state index is 11.3. The zero-order chi connectivity index (χ0) is 11.6. The summed E-state index contributed by atoms with van der Waals surface area (Å²) in [5.74, 6) is 1.62. The van der Waals surface area contributed by atoms with Crippen molar-refractivity contribution in [3.8, 4) is 0 Å². The van der Waals surface area contributed by atoms with E-state index in [9.17, 15) is 8.42 Å². The summed E-state index contributed by atoms with van der Waals surface area (Å²) in [6.07, 6.45) is 2.27. The van der Waals surface area contributed by atoms with Crippen molar-refractivity contribution in [3.05, 3.63) is 12.3 Å². The van der Waals surface area contributed by atoms with Crippen molar-refractivity contribution in [2.24, 2.45) is 0 Å². The molecule has 1 unspecified atom stereocenters. The van der Waals surface area contributed by atoms with E-state index in [1.54, 1.807) is 19.3 Å². The molecule has 16 heavy (non-hydrogen) atoms. The normalized spacial score (nSPS) is 22.9. The van der Waals surface area contributed by atoms with Crippen LogP contribution in [0.4, 0.5) is 11.8 Å². The Morgan fingerprint density at radius 3 is 2.94 bits per heavy atom. The highest BCUT2D eigenvalue weighted by Gasteiger charge is 2.27. The van der Waals surface area contributed by atoms with Gasteiger partial charge in [-0.2, -0.15) is 4.98 Å². The Morgan fingerprint density at radius 1 is 1.50 bits per heavy atom. The van der Waals surface area contributed by atoms with Gasteiger partial charge in [0.25, 0.3) is 0 Å². The predicted octanol–water partition coefficient (Wildman–Crippen LogP) is 0.117. The van der Waals surface area contributed by atoms with Crippen molar-refractivity contribution in [3.63, 3.8) is 0 Å². The van der Waals surface area contributed by atoms with Crippen LogP contribution in [0.1, 0.15) is 6.42 Å². The molecular weight excluding hydrogens is 228 g/mol. The highest BCUT2D eigenvalue weighted by molar-refractivity contribution is 7.91. The van der Waals surface area contributed by atoms with E-state index in [0.717, 1.165) is 0 Å². The predicted molar refractivity (Wildman–Crippen MR) is 62.3 cm³/mol. The van der Waals surface area contributed by atoms with E-state index < -0.39 is 9.84 Å². The summed E-state index contributed by atoms with van der Waals surface area (Å²) >= 11 is 0. The molecule has 1 aromatic heterocycles. The first-order valence-corrected chi connectivity index (χ1v) is 6.89. The minimum absolute atomic E-state index is 0.0374. The fourth-order valence-corrected chi connectivity index (χ4v) is 3.35. The van der Waals surface area contributed by atoms with Crippen molar-refractivity contribution in [2.45, 2.75) is 12.5 Å². The van der Waals surface area contributed by atoms with Gasteiger partial charge in [-0.1, -0.05) is 0 Å². The molecule has 0 saturated carbocycles. The average Bonchev–Trinajstić information content (AvgIpc) is 2.58. The minimum atomic E-state index is -2.85. The molecule has 0 aliphatic carbocycles. The number of nitrogens with zero attached hydrogens (tertiary/aromatic N) is 2. The van der Waals surface area contributed by atoms with Crippen LogP contribution < -0.4 is 10.6 Å². The van der Waals surface area contributed by atoms with Gasteiger partial charge in [0.2, 0.25) is 5.95 Å². The fraction of sp³-hybridized carbons (Fsp3) is 0.556. The molecule has 0 aromatic carbocycles. The molecule has 1 aliphatic heterocycles. The first-order chi connectivity index (χ1) is 7.59. The van der Waals surface area contributed by atoms with E-state index in [1.807, 2.05) is 0 Å². The fourth-order valence-electron chi connectivity index (χ4n) is 1.68. The summed E-state index contributed by atoms with van der Waals surface area (Å²) in [4.78, 5) is 8.15. The molecule has 7 heteroatoms. The first-order valence-electron chi connectivity index (χ1n) is 5.07. The van der Waals surface area contributed by atoms with E-state index in [4.69, 9.17) is 0 Å². The molecule has 1 aromatic rings. The summed E-state index contributed by atoms with van der Waals surface area (Å²) in [7, 11) is -1.12. The SMILES string of the molecule is CNc1nccc(NC2CCS(=O)(=O)C2)n1. The quantitative estimate of drug-likeness (QED) is 0.783. The van der Waals surface area contributed by atoms with Gasteiger partial charge < -0.3 is 10.6 Å². The second kappa shape index (κ2) is 4.25. The molecule has 2 rings (SSSR count). The molecule has 1 fully saturated rings. The Balaban J connectivity index is 2.04. The zero-order valence-corrected chi connectivity index (χ0v) is 9.79. The van der Waals surface area contributed by atoms with Crippen molar-refractivity contribution >= 4 is 21.6 Å². The average molecular weight is 242 g/mol. The van der Waals surface area contributed by atoms with E-state index in [0.29, 0.717) is 18.2 Å². The first kappa shape index (κ1) is 11.1. The van der Waals surface area contributed by atoms with Gasteiger partial charge >= 0.3 is 0 Å². The van der Waals surface area contributed by atoms with Crippen LogP contribution in [0.15, 0.2) is 12.3 Å². The van der Waals surface area contributed by atoms with Crippen molar-refractivity contribution in [2.75, 3.05) is 29.2 Å². The lowest BCUT2D eigenvalue weighted by Crippen LogP contribution is -2.21. The van der Waals surface area contributed by atoms with Crippen LogP contribution in [-0.4, -0.2) is 43.0 Å². The number of anilines is 2. The highest BCUT2D eigenvalue weighted by Crippen LogP contribution is 2.16. The standard InChI is InChI=1S/C9H14N4O2S/c1-10-9-11-4-2-8(13-9)12-7-3-5-16(14,15)6-7/h2,4,7H,3,5-6H2,1H3,(H2,10,11,12,13). The largest absolute Gasteiger partial charge is 0.366 e. The molecule has 0 spiro atoms. The summed E-state index contributed by atoms with van der Waals surface area (Å²) in [5, 5.41) is 5.93. The molecule has 0 amide bonds. The Hall–Kier alpha value is -1.37. The van der Waals surface area contributed by atoms with E-state index in [-0.39, 0.29) is 17.5 Å².